The fraction of sp³-hybridized carbons (Fsp3) is 0.250. The molecule has 5 nitrogen and oxygen atoms in total. The molecule has 1 unspecified atom stereocenters. The summed E-state index contributed by atoms with van der Waals surface area (Å²) < 4.78 is 6.80. The number of nitrogens with zero attached hydrogens (tertiary/aromatic N) is 1. The van der Waals surface area contributed by atoms with Gasteiger partial charge in [-0.3, -0.25) is 4.79 Å². The van der Waals surface area contributed by atoms with Gasteiger partial charge in [0.2, 0.25) is 0 Å². The molecule has 24 heavy (non-hydrogen) atoms. The summed E-state index contributed by atoms with van der Waals surface area (Å²) in [4.78, 5) is 16.7. The number of carbonyl (C=O) groups is 1. The number of fused-ring (bicyclic) bond motifs is 1. The Morgan fingerprint density at radius 3 is 2.83 bits per heavy atom. The summed E-state index contributed by atoms with van der Waals surface area (Å²) in [7, 11) is 0. The number of halogens is 2. The molecule has 3 heterocycles. The van der Waals surface area contributed by atoms with E-state index in [2.05, 4.69) is 15.6 Å². The Hall–Kier alpha value is -1.60. The maximum absolute atomic E-state index is 12.2. The van der Waals surface area contributed by atoms with Crippen LogP contribution in [0.1, 0.15) is 17.0 Å². The van der Waals surface area contributed by atoms with Crippen molar-refractivity contribution in [2.75, 3.05) is 13.1 Å². The normalized spacial score (nSPS) is 16.4. The molecule has 0 bridgehead atoms. The third kappa shape index (κ3) is 3.72. The van der Waals surface area contributed by atoms with Gasteiger partial charge in [0.1, 0.15) is 0 Å². The van der Waals surface area contributed by atoms with Gasteiger partial charge >= 0.3 is 0 Å². The number of aromatic nitrogens is 1. The lowest BCUT2D eigenvalue weighted by atomic mass is 10.2. The van der Waals surface area contributed by atoms with Gasteiger partial charge in [-0.2, -0.15) is 0 Å². The first-order valence-corrected chi connectivity index (χ1v) is 8.08. The summed E-state index contributed by atoms with van der Waals surface area (Å²) in [6, 6.07) is 11.6. The number of furan rings is 1. The van der Waals surface area contributed by atoms with E-state index in [1.165, 1.54) is 0 Å². The fourth-order valence-corrected chi connectivity index (χ4v) is 3.51. The van der Waals surface area contributed by atoms with Crippen LogP contribution < -0.4 is 10.6 Å². The van der Waals surface area contributed by atoms with Crippen molar-refractivity contribution >= 4 is 52.3 Å². The minimum absolute atomic E-state index is 0. The Kier molecular flexibility index (Phi) is 6.23. The monoisotopic (exact) mass is 385 g/mol. The first-order valence-electron chi connectivity index (χ1n) is 7.27. The number of rotatable bonds is 3. The Balaban J connectivity index is 0.00000104. The van der Waals surface area contributed by atoms with Crippen LogP contribution in [-0.2, 0) is 0 Å². The summed E-state index contributed by atoms with van der Waals surface area (Å²) in [6.07, 6.45) is 0.956. The van der Waals surface area contributed by atoms with E-state index in [9.17, 15) is 4.79 Å². The number of nitrogens with one attached hydrogen (secondary N) is 2. The first kappa shape index (κ1) is 18.7. The van der Waals surface area contributed by atoms with Crippen LogP contribution in [0.3, 0.4) is 0 Å². The molecule has 1 aliphatic rings. The molecule has 1 saturated heterocycles. The highest BCUT2D eigenvalue weighted by Gasteiger charge is 2.20. The highest BCUT2D eigenvalue weighted by molar-refractivity contribution is 7.21. The van der Waals surface area contributed by atoms with Gasteiger partial charge in [-0.1, -0.05) is 12.1 Å². The van der Waals surface area contributed by atoms with Gasteiger partial charge in [0.15, 0.2) is 16.5 Å². The molecule has 0 radical (unpaired) electrons. The van der Waals surface area contributed by atoms with Gasteiger partial charge in [-0.05, 0) is 37.2 Å². The van der Waals surface area contributed by atoms with E-state index in [1.54, 1.807) is 23.5 Å². The number of benzene rings is 1. The van der Waals surface area contributed by atoms with Crippen LogP contribution in [0.4, 0.5) is 0 Å². The van der Waals surface area contributed by atoms with Crippen LogP contribution in [0, 0.1) is 0 Å². The molecule has 1 atom stereocenters. The summed E-state index contributed by atoms with van der Waals surface area (Å²) in [6.45, 7) is 1.76. The molecular weight excluding hydrogens is 369 g/mol. The summed E-state index contributed by atoms with van der Waals surface area (Å²) in [5.74, 6) is 0.804. The van der Waals surface area contributed by atoms with E-state index in [0.29, 0.717) is 11.5 Å². The van der Waals surface area contributed by atoms with Crippen molar-refractivity contribution in [3.63, 3.8) is 0 Å². The summed E-state index contributed by atoms with van der Waals surface area (Å²) in [5.41, 5.74) is 0.946. The number of thiazole rings is 1. The molecule has 8 heteroatoms. The highest BCUT2D eigenvalue weighted by atomic mass is 35.5. The Labute approximate surface area is 155 Å². The van der Waals surface area contributed by atoms with E-state index >= 15 is 0 Å². The number of carbonyl (C=O) groups excluding carboxylic acids is 1. The molecule has 0 spiro atoms. The molecule has 4 rings (SSSR count). The zero-order valence-corrected chi connectivity index (χ0v) is 15.1. The third-order valence-electron chi connectivity index (χ3n) is 3.73. The van der Waals surface area contributed by atoms with Crippen LogP contribution in [0.15, 0.2) is 40.8 Å². The van der Waals surface area contributed by atoms with Crippen molar-refractivity contribution in [2.24, 2.45) is 0 Å². The maximum atomic E-state index is 12.2. The number of amides is 1. The number of hydrogen-bond donors (Lipinski definition) is 2. The van der Waals surface area contributed by atoms with Crippen LogP contribution in [0.5, 0.6) is 0 Å². The Morgan fingerprint density at radius 2 is 2.08 bits per heavy atom. The fourth-order valence-electron chi connectivity index (χ4n) is 2.59. The molecule has 1 aliphatic heterocycles. The predicted octanol–water partition coefficient (Wildman–Crippen LogP) is 3.49. The van der Waals surface area contributed by atoms with Gasteiger partial charge in [-0.25, -0.2) is 4.98 Å². The van der Waals surface area contributed by atoms with Crippen LogP contribution in [0.2, 0.25) is 0 Å². The van der Waals surface area contributed by atoms with Gasteiger partial charge in [0.05, 0.1) is 10.2 Å². The number of para-hydroxylation sites is 1. The molecule has 3 aromatic rings. The van der Waals surface area contributed by atoms with Crippen molar-refractivity contribution in [1.82, 2.24) is 15.6 Å². The van der Waals surface area contributed by atoms with E-state index < -0.39 is 0 Å². The third-order valence-corrected chi connectivity index (χ3v) is 4.78. The minimum atomic E-state index is -0.166. The van der Waals surface area contributed by atoms with Crippen LogP contribution in [-0.4, -0.2) is 30.0 Å². The summed E-state index contributed by atoms with van der Waals surface area (Å²) in [5, 5.41) is 6.99. The van der Waals surface area contributed by atoms with Gasteiger partial charge in [0.25, 0.3) is 5.91 Å². The molecule has 0 aliphatic carbocycles. The standard InChI is InChI=1S/C16H15N3O2S.2ClH/c20-15(18-10-7-8-17-9-10)12-5-6-13(21-12)16-19-11-3-1-2-4-14(11)22-16;;/h1-6,10,17H,7-9H2,(H,18,20);2*1H. The molecule has 2 N–H and O–H groups in total. The van der Waals surface area contributed by atoms with Gasteiger partial charge in [-0.15, -0.1) is 36.2 Å². The molecule has 2 aromatic heterocycles. The van der Waals surface area contributed by atoms with Gasteiger partial charge in [0, 0.05) is 12.6 Å². The molecule has 1 aromatic carbocycles. The Morgan fingerprint density at radius 1 is 1.25 bits per heavy atom. The van der Waals surface area contributed by atoms with E-state index in [0.717, 1.165) is 34.7 Å². The van der Waals surface area contributed by atoms with Crippen molar-refractivity contribution in [2.45, 2.75) is 12.5 Å². The topological polar surface area (TPSA) is 67.2 Å². The van der Waals surface area contributed by atoms with E-state index in [1.807, 2.05) is 24.3 Å². The second kappa shape index (κ2) is 7.98. The van der Waals surface area contributed by atoms with E-state index in [-0.39, 0.29) is 36.8 Å². The van der Waals surface area contributed by atoms with Gasteiger partial charge < -0.3 is 15.1 Å². The lowest BCUT2D eigenvalue weighted by Gasteiger charge is -2.09. The van der Waals surface area contributed by atoms with E-state index in [4.69, 9.17) is 4.42 Å². The lowest BCUT2D eigenvalue weighted by molar-refractivity contribution is 0.0913. The Bertz CT molecular complexity index is 794. The van der Waals surface area contributed by atoms with Crippen molar-refractivity contribution in [3.8, 4) is 10.8 Å². The quantitative estimate of drug-likeness (QED) is 0.723. The predicted molar refractivity (Wildman–Crippen MR) is 101 cm³/mol. The maximum Gasteiger partial charge on any atom is 0.287 e. The first-order chi connectivity index (χ1) is 10.8. The zero-order valence-electron chi connectivity index (χ0n) is 12.7. The second-order valence-electron chi connectivity index (χ2n) is 5.31. The zero-order chi connectivity index (χ0) is 14.9. The van der Waals surface area contributed by atoms with Crippen molar-refractivity contribution in [3.05, 3.63) is 42.2 Å². The van der Waals surface area contributed by atoms with Crippen molar-refractivity contribution < 1.29 is 9.21 Å². The number of hydrogen-bond acceptors (Lipinski definition) is 5. The average Bonchev–Trinajstić information content (AvgIpc) is 3.26. The molecule has 1 fully saturated rings. The SMILES string of the molecule is Cl.Cl.O=C(NC1CCNC1)c1ccc(-c2nc3ccccc3s2)o1. The second-order valence-corrected chi connectivity index (χ2v) is 6.34. The van der Waals surface area contributed by atoms with Crippen LogP contribution >= 0.6 is 36.2 Å². The highest BCUT2D eigenvalue weighted by Crippen LogP contribution is 2.31. The van der Waals surface area contributed by atoms with Crippen LogP contribution in [0.25, 0.3) is 21.0 Å². The molecule has 128 valence electrons. The molecule has 0 saturated carbocycles. The molecule has 1 amide bonds. The summed E-state index contributed by atoms with van der Waals surface area (Å²) >= 11 is 1.56. The minimum Gasteiger partial charge on any atom is -0.448 e. The average molecular weight is 386 g/mol. The molecular formula is C16H17Cl2N3O2S. The van der Waals surface area contributed by atoms with Crippen molar-refractivity contribution in [1.29, 1.82) is 0 Å². The lowest BCUT2D eigenvalue weighted by Crippen LogP contribution is -2.35. The largest absolute Gasteiger partial charge is 0.448 e. The smallest absolute Gasteiger partial charge is 0.287 e.